The van der Waals surface area contributed by atoms with E-state index >= 15 is 0 Å². The molecule has 3 heterocycles. The highest BCUT2D eigenvalue weighted by molar-refractivity contribution is 9.10. The molecule has 0 aliphatic rings. The Balaban J connectivity index is 1.80. The highest BCUT2D eigenvalue weighted by atomic mass is 79.9. The lowest BCUT2D eigenvalue weighted by Gasteiger charge is -2.07. The third kappa shape index (κ3) is 2.61. The van der Waals surface area contributed by atoms with Crippen LogP contribution in [0, 0.1) is 0 Å². The van der Waals surface area contributed by atoms with Gasteiger partial charge < -0.3 is 9.73 Å². The number of nitrogens with zero attached hydrogens (tertiary/aromatic N) is 2. The molecular formula is C18H12BrN3O2. The topological polar surface area (TPSA) is 59.5 Å². The van der Waals surface area contributed by atoms with Crippen LogP contribution in [0.3, 0.4) is 0 Å². The molecule has 5 nitrogen and oxygen atoms in total. The molecule has 0 aliphatic carbocycles. The number of hydrogen-bond donors (Lipinski definition) is 1. The number of imidazole rings is 1. The Labute approximate surface area is 146 Å². The van der Waals surface area contributed by atoms with Crippen molar-refractivity contribution in [2.75, 3.05) is 5.32 Å². The predicted molar refractivity (Wildman–Crippen MR) is 95.0 cm³/mol. The minimum Gasteiger partial charge on any atom is -0.463 e. The summed E-state index contributed by atoms with van der Waals surface area (Å²) in [5, 5.41) is 2.95. The fourth-order valence-electron chi connectivity index (χ4n) is 2.51. The normalized spacial score (nSPS) is 10.9. The van der Waals surface area contributed by atoms with Crippen molar-refractivity contribution in [3.8, 4) is 11.5 Å². The lowest BCUT2D eigenvalue weighted by molar-refractivity contribution is 0.102. The van der Waals surface area contributed by atoms with Crippen LogP contribution in [0.2, 0.25) is 0 Å². The smallest absolute Gasteiger partial charge is 0.256 e. The summed E-state index contributed by atoms with van der Waals surface area (Å²) in [6.45, 7) is 0. The molecule has 0 spiro atoms. The fraction of sp³-hybridized carbons (Fsp3) is 0. The number of halogens is 1. The highest BCUT2D eigenvalue weighted by Gasteiger charge is 2.18. The summed E-state index contributed by atoms with van der Waals surface area (Å²) in [4.78, 5) is 17.2. The van der Waals surface area contributed by atoms with Crippen LogP contribution in [0.5, 0.6) is 0 Å². The predicted octanol–water partition coefficient (Wildman–Crippen LogP) is 4.61. The standard InChI is InChI=1S/C18H12BrN3O2/c19-13-6-3-5-12(11-13)18(23)21-17-16(14-7-4-10-24-14)20-15-8-1-2-9-22(15)17/h1-11H,(H,21,23). The second-order valence-electron chi connectivity index (χ2n) is 5.18. The number of amides is 1. The number of rotatable bonds is 3. The number of anilines is 1. The van der Waals surface area contributed by atoms with Crippen molar-refractivity contribution in [3.05, 3.63) is 77.1 Å². The van der Waals surface area contributed by atoms with Gasteiger partial charge in [0.05, 0.1) is 6.26 Å². The zero-order valence-electron chi connectivity index (χ0n) is 12.4. The Hall–Kier alpha value is -2.86. The van der Waals surface area contributed by atoms with Crippen LogP contribution in [0.4, 0.5) is 5.82 Å². The molecule has 1 amide bonds. The van der Waals surface area contributed by atoms with Gasteiger partial charge in [-0.15, -0.1) is 0 Å². The first-order valence-electron chi connectivity index (χ1n) is 7.30. The molecule has 3 aromatic heterocycles. The van der Waals surface area contributed by atoms with Gasteiger partial charge in [-0.05, 0) is 42.5 Å². The lowest BCUT2D eigenvalue weighted by Crippen LogP contribution is -2.14. The minimum absolute atomic E-state index is 0.213. The Kier molecular flexibility index (Phi) is 3.66. The summed E-state index contributed by atoms with van der Waals surface area (Å²) in [6, 6.07) is 16.5. The largest absolute Gasteiger partial charge is 0.463 e. The number of benzene rings is 1. The fourth-order valence-corrected chi connectivity index (χ4v) is 2.91. The second kappa shape index (κ2) is 5.98. The zero-order valence-corrected chi connectivity index (χ0v) is 14.0. The SMILES string of the molecule is O=C(Nc1c(-c2ccco2)nc2ccccn12)c1cccc(Br)c1. The molecular weight excluding hydrogens is 370 g/mol. The first kappa shape index (κ1) is 14.7. The minimum atomic E-state index is -0.213. The number of aromatic nitrogens is 2. The molecule has 6 heteroatoms. The van der Waals surface area contributed by atoms with Crippen molar-refractivity contribution in [1.29, 1.82) is 0 Å². The number of furan rings is 1. The van der Waals surface area contributed by atoms with Gasteiger partial charge in [-0.25, -0.2) is 4.98 Å². The van der Waals surface area contributed by atoms with Gasteiger partial charge in [0.1, 0.15) is 17.2 Å². The van der Waals surface area contributed by atoms with Crippen LogP contribution in [-0.4, -0.2) is 15.3 Å². The molecule has 24 heavy (non-hydrogen) atoms. The molecule has 0 fully saturated rings. The Morgan fingerprint density at radius 3 is 2.83 bits per heavy atom. The molecule has 0 atom stereocenters. The third-order valence-corrected chi connectivity index (χ3v) is 4.10. The molecule has 0 bridgehead atoms. The molecule has 0 saturated carbocycles. The van der Waals surface area contributed by atoms with E-state index in [0.717, 1.165) is 10.1 Å². The van der Waals surface area contributed by atoms with Crippen molar-refractivity contribution < 1.29 is 9.21 Å². The van der Waals surface area contributed by atoms with E-state index in [1.165, 1.54) is 0 Å². The maximum Gasteiger partial charge on any atom is 0.256 e. The summed E-state index contributed by atoms with van der Waals surface area (Å²) in [6.07, 6.45) is 3.44. The van der Waals surface area contributed by atoms with Gasteiger partial charge in [-0.1, -0.05) is 28.1 Å². The zero-order chi connectivity index (χ0) is 16.5. The average molecular weight is 382 g/mol. The number of nitrogens with one attached hydrogen (secondary N) is 1. The van der Waals surface area contributed by atoms with Crippen molar-refractivity contribution in [2.45, 2.75) is 0 Å². The van der Waals surface area contributed by atoms with Crippen LogP contribution in [-0.2, 0) is 0 Å². The van der Waals surface area contributed by atoms with E-state index in [0.29, 0.717) is 22.8 Å². The summed E-state index contributed by atoms with van der Waals surface area (Å²) in [7, 11) is 0. The van der Waals surface area contributed by atoms with E-state index in [4.69, 9.17) is 4.42 Å². The van der Waals surface area contributed by atoms with Crippen molar-refractivity contribution in [2.24, 2.45) is 0 Å². The molecule has 118 valence electrons. The van der Waals surface area contributed by atoms with E-state index in [-0.39, 0.29) is 5.91 Å². The molecule has 1 N–H and O–H groups in total. The van der Waals surface area contributed by atoms with Gasteiger partial charge in [0, 0.05) is 16.2 Å². The first-order valence-corrected chi connectivity index (χ1v) is 8.09. The summed E-state index contributed by atoms with van der Waals surface area (Å²) < 4.78 is 8.14. The number of carbonyl (C=O) groups is 1. The van der Waals surface area contributed by atoms with E-state index in [2.05, 4.69) is 26.2 Å². The molecule has 0 unspecified atom stereocenters. The quantitative estimate of drug-likeness (QED) is 0.563. The number of carbonyl (C=O) groups excluding carboxylic acids is 1. The van der Waals surface area contributed by atoms with Crippen LogP contribution >= 0.6 is 15.9 Å². The molecule has 0 radical (unpaired) electrons. The number of hydrogen-bond acceptors (Lipinski definition) is 3. The van der Waals surface area contributed by atoms with E-state index in [9.17, 15) is 4.79 Å². The first-order chi connectivity index (χ1) is 11.7. The lowest BCUT2D eigenvalue weighted by atomic mass is 10.2. The Bertz CT molecular complexity index is 1020. The van der Waals surface area contributed by atoms with Crippen molar-refractivity contribution in [1.82, 2.24) is 9.38 Å². The van der Waals surface area contributed by atoms with Gasteiger partial charge in [0.25, 0.3) is 5.91 Å². The molecule has 0 saturated heterocycles. The Morgan fingerprint density at radius 2 is 2.04 bits per heavy atom. The van der Waals surface area contributed by atoms with Gasteiger partial charge >= 0.3 is 0 Å². The second-order valence-corrected chi connectivity index (χ2v) is 6.10. The average Bonchev–Trinajstić information content (AvgIpc) is 3.23. The maximum atomic E-state index is 12.6. The molecule has 4 rings (SSSR count). The summed E-state index contributed by atoms with van der Waals surface area (Å²) in [5.74, 6) is 0.962. The third-order valence-electron chi connectivity index (χ3n) is 3.60. The molecule has 0 aliphatic heterocycles. The molecule has 1 aromatic carbocycles. The van der Waals surface area contributed by atoms with Gasteiger partial charge in [0.15, 0.2) is 5.76 Å². The van der Waals surface area contributed by atoms with Crippen LogP contribution in [0.25, 0.3) is 17.1 Å². The number of fused-ring (bicyclic) bond motifs is 1. The van der Waals surface area contributed by atoms with Crippen molar-refractivity contribution >= 4 is 33.3 Å². The van der Waals surface area contributed by atoms with Crippen molar-refractivity contribution in [3.63, 3.8) is 0 Å². The Morgan fingerprint density at radius 1 is 1.12 bits per heavy atom. The van der Waals surface area contributed by atoms with Crippen LogP contribution < -0.4 is 5.32 Å². The van der Waals surface area contributed by atoms with Gasteiger partial charge in [-0.3, -0.25) is 9.20 Å². The van der Waals surface area contributed by atoms with Gasteiger partial charge in [-0.2, -0.15) is 0 Å². The van der Waals surface area contributed by atoms with E-state index in [1.54, 1.807) is 24.5 Å². The maximum absolute atomic E-state index is 12.6. The van der Waals surface area contributed by atoms with Crippen LogP contribution in [0.1, 0.15) is 10.4 Å². The summed E-state index contributed by atoms with van der Waals surface area (Å²) in [5.41, 5.74) is 1.88. The highest BCUT2D eigenvalue weighted by Crippen LogP contribution is 2.29. The van der Waals surface area contributed by atoms with E-state index in [1.807, 2.05) is 47.0 Å². The molecule has 4 aromatic rings. The summed E-state index contributed by atoms with van der Waals surface area (Å²) >= 11 is 3.38. The van der Waals surface area contributed by atoms with E-state index < -0.39 is 0 Å². The van der Waals surface area contributed by atoms with Gasteiger partial charge in [0.2, 0.25) is 0 Å². The number of pyridine rings is 1. The monoisotopic (exact) mass is 381 g/mol. The van der Waals surface area contributed by atoms with Crippen LogP contribution in [0.15, 0.2) is 75.9 Å².